The highest BCUT2D eigenvalue weighted by Crippen LogP contribution is 2.26. The molecule has 0 unspecified atom stereocenters. The lowest BCUT2D eigenvalue weighted by Crippen LogP contribution is -2.10. The molecule has 0 amide bonds. The average molecular weight is 202 g/mol. The molecule has 0 bridgehead atoms. The molecule has 0 fully saturated rings. The van der Waals surface area contributed by atoms with E-state index in [1.165, 1.54) is 16.6 Å². The van der Waals surface area contributed by atoms with E-state index in [0.717, 1.165) is 11.9 Å². The molecular formula is C13H18N2. The number of rotatable bonds is 1. The minimum absolute atomic E-state index is 0.194. The molecule has 2 nitrogen and oxygen atoms in total. The molecule has 15 heavy (non-hydrogen) atoms. The van der Waals surface area contributed by atoms with Gasteiger partial charge in [-0.2, -0.15) is 5.10 Å². The van der Waals surface area contributed by atoms with E-state index in [-0.39, 0.29) is 5.41 Å². The van der Waals surface area contributed by atoms with Crippen molar-refractivity contribution in [3.63, 3.8) is 0 Å². The molecule has 1 aromatic heterocycles. The van der Waals surface area contributed by atoms with Crippen molar-refractivity contribution in [1.82, 2.24) is 10.2 Å². The van der Waals surface area contributed by atoms with Crippen LogP contribution in [0.3, 0.4) is 0 Å². The lowest BCUT2D eigenvalue weighted by Gasteiger charge is -2.18. The molecule has 0 radical (unpaired) electrons. The lowest BCUT2D eigenvalue weighted by molar-refractivity contribution is 0.591. The number of aromatic nitrogens is 2. The smallest absolute Gasteiger partial charge is 0.0926 e. The summed E-state index contributed by atoms with van der Waals surface area (Å²) in [5, 5.41) is 8.69. The van der Waals surface area contributed by atoms with Crippen LogP contribution in [0.5, 0.6) is 0 Å². The molecular weight excluding hydrogens is 184 g/mol. The zero-order chi connectivity index (χ0) is 11.1. The number of nitrogens with one attached hydrogen (secondary N) is 1. The van der Waals surface area contributed by atoms with E-state index < -0.39 is 0 Å². The van der Waals surface area contributed by atoms with Gasteiger partial charge in [-0.15, -0.1) is 0 Å². The van der Waals surface area contributed by atoms with Crippen molar-refractivity contribution in [2.24, 2.45) is 0 Å². The van der Waals surface area contributed by atoms with Crippen LogP contribution in [0.1, 0.15) is 39.0 Å². The Balaban J connectivity index is 2.58. The highest BCUT2D eigenvalue weighted by molar-refractivity contribution is 5.82. The summed E-state index contributed by atoms with van der Waals surface area (Å²) in [7, 11) is 0. The maximum atomic E-state index is 4.34. The van der Waals surface area contributed by atoms with Gasteiger partial charge in [0.1, 0.15) is 0 Å². The van der Waals surface area contributed by atoms with Gasteiger partial charge in [0.25, 0.3) is 0 Å². The number of hydrogen-bond donors (Lipinski definition) is 1. The van der Waals surface area contributed by atoms with Crippen molar-refractivity contribution in [1.29, 1.82) is 0 Å². The van der Waals surface area contributed by atoms with E-state index in [4.69, 9.17) is 0 Å². The minimum Gasteiger partial charge on any atom is -0.281 e. The van der Waals surface area contributed by atoms with Crippen LogP contribution >= 0.6 is 0 Å². The van der Waals surface area contributed by atoms with Crippen LogP contribution in [-0.2, 0) is 11.8 Å². The Hall–Kier alpha value is -1.31. The molecule has 80 valence electrons. The fraction of sp³-hybridized carbons (Fsp3) is 0.462. The van der Waals surface area contributed by atoms with Crippen LogP contribution in [0, 0.1) is 0 Å². The Morgan fingerprint density at radius 3 is 2.60 bits per heavy atom. The van der Waals surface area contributed by atoms with Crippen molar-refractivity contribution < 1.29 is 0 Å². The predicted octanol–water partition coefficient (Wildman–Crippen LogP) is 3.42. The van der Waals surface area contributed by atoms with Gasteiger partial charge in [0.15, 0.2) is 0 Å². The van der Waals surface area contributed by atoms with Gasteiger partial charge in [-0.25, -0.2) is 0 Å². The molecule has 1 N–H and O–H groups in total. The molecule has 1 heterocycles. The van der Waals surface area contributed by atoms with E-state index >= 15 is 0 Å². The van der Waals surface area contributed by atoms with E-state index in [9.17, 15) is 0 Å². The van der Waals surface area contributed by atoms with E-state index in [2.05, 4.69) is 56.1 Å². The van der Waals surface area contributed by atoms with Gasteiger partial charge in [-0.05, 0) is 23.5 Å². The molecule has 0 saturated heterocycles. The number of aromatic amines is 1. The first kappa shape index (κ1) is 10.2. The Morgan fingerprint density at radius 2 is 2.00 bits per heavy atom. The molecule has 2 heteroatoms. The van der Waals surface area contributed by atoms with Gasteiger partial charge in [0, 0.05) is 11.1 Å². The quantitative estimate of drug-likeness (QED) is 0.754. The van der Waals surface area contributed by atoms with E-state index in [0.29, 0.717) is 0 Å². The Kier molecular flexibility index (Phi) is 2.29. The van der Waals surface area contributed by atoms with Crippen molar-refractivity contribution >= 4 is 10.9 Å². The van der Waals surface area contributed by atoms with Crippen LogP contribution in [-0.4, -0.2) is 10.2 Å². The van der Waals surface area contributed by atoms with Gasteiger partial charge < -0.3 is 0 Å². The first-order valence-electron chi connectivity index (χ1n) is 5.50. The zero-order valence-electron chi connectivity index (χ0n) is 9.89. The summed E-state index contributed by atoms with van der Waals surface area (Å²) in [5.41, 5.74) is 3.84. The Labute approximate surface area is 90.7 Å². The van der Waals surface area contributed by atoms with E-state index in [1.807, 2.05) is 0 Å². The summed E-state index contributed by atoms with van der Waals surface area (Å²) in [6.45, 7) is 8.81. The topological polar surface area (TPSA) is 28.7 Å². The maximum absolute atomic E-state index is 4.34. The average Bonchev–Trinajstić information content (AvgIpc) is 2.58. The van der Waals surface area contributed by atoms with Crippen molar-refractivity contribution in [3.05, 3.63) is 29.5 Å². The summed E-state index contributed by atoms with van der Waals surface area (Å²) in [6.07, 6.45) is 1.01. The molecule has 0 aliphatic carbocycles. The summed E-state index contributed by atoms with van der Waals surface area (Å²) >= 11 is 0. The second-order valence-electron chi connectivity index (χ2n) is 5.04. The fourth-order valence-corrected chi connectivity index (χ4v) is 1.80. The van der Waals surface area contributed by atoms with Crippen LogP contribution < -0.4 is 0 Å². The monoisotopic (exact) mass is 202 g/mol. The maximum Gasteiger partial charge on any atom is 0.0926 e. The summed E-state index contributed by atoms with van der Waals surface area (Å²) in [4.78, 5) is 0. The number of nitrogens with zero attached hydrogens (tertiary/aromatic N) is 1. The first-order valence-corrected chi connectivity index (χ1v) is 5.50. The van der Waals surface area contributed by atoms with Crippen molar-refractivity contribution in [3.8, 4) is 0 Å². The number of aryl methyl sites for hydroxylation is 1. The standard InChI is InChI=1S/C13H18N2/c1-5-11-10-7-6-9(13(2,3)4)8-12(10)15-14-11/h6-8H,5H2,1-4H3,(H,14,15). The number of hydrogen-bond acceptors (Lipinski definition) is 1. The minimum atomic E-state index is 0.194. The number of benzene rings is 1. The van der Waals surface area contributed by atoms with E-state index in [1.54, 1.807) is 0 Å². The normalized spacial score (nSPS) is 12.3. The molecule has 0 aliphatic heterocycles. The highest BCUT2D eigenvalue weighted by Gasteiger charge is 2.15. The first-order chi connectivity index (χ1) is 7.02. The molecule has 1 aromatic carbocycles. The fourth-order valence-electron chi connectivity index (χ4n) is 1.80. The van der Waals surface area contributed by atoms with Gasteiger partial charge in [0.2, 0.25) is 0 Å². The Morgan fingerprint density at radius 1 is 1.27 bits per heavy atom. The van der Waals surface area contributed by atoms with Crippen LogP contribution in [0.15, 0.2) is 18.2 Å². The number of fused-ring (bicyclic) bond motifs is 1. The second kappa shape index (κ2) is 3.37. The summed E-state index contributed by atoms with van der Waals surface area (Å²) in [5.74, 6) is 0. The molecule has 0 aliphatic rings. The molecule has 0 atom stereocenters. The van der Waals surface area contributed by atoms with Crippen molar-refractivity contribution in [2.75, 3.05) is 0 Å². The molecule has 0 saturated carbocycles. The number of H-pyrrole nitrogens is 1. The molecule has 2 rings (SSSR count). The summed E-state index contributed by atoms with van der Waals surface area (Å²) < 4.78 is 0. The second-order valence-corrected chi connectivity index (χ2v) is 5.04. The van der Waals surface area contributed by atoms with Gasteiger partial charge in [-0.3, -0.25) is 5.10 Å². The zero-order valence-corrected chi connectivity index (χ0v) is 9.89. The van der Waals surface area contributed by atoms with Crippen LogP contribution in [0.4, 0.5) is 0 Å². The predicted molar refractivity (Wildman–Crippen MR) is 64.2 cm³/mol. The third kappa shape index (κ3) is 1.76. The molecule has 0 spiro atoms. The summed E-state index contributed by atoms with van der Waals surface area (Å²) in [6, 6.07) is 6.57. The lowest BCUT2D eigenvalue weighted by atomic mass is 9.86. The van der Waals surface area contributed by atoms with Crippen LogP contribution in [0.2, 0.25) is 0 Å². The molecule has 2 aromatic rings. The van der Waals surface area contributed by atoms with Crippen molar-refractivity contribution in [2.45, 2.75) is 39.5 Å². The third-order valence-corrected chi connectivity index (χ3v) is 2.85. The van der Waals surface area contributed by atoms with Gasteiger partial charge in [0.05, 0.1) is 5.52 Å². The van der Waals surface area contributed by atoms with Gasteiger partial charge >= 0.3 is 0 Å². The largest absolute Gasteiger partial charge is 0.281 e. The Bertz CT molecular complexity index is 475. The third-order valence-electron chi connectivity index (χ3n) is 2.85. The van der Waals surface area contributed by atoms with Crippen LogP contribution in [0.25, 0.3) is 10.9 Å². The highest BCUT2D eigenvalue weighted by atomic mass is 15.1. The van der Waals surface area contributed by atoms with Gasteiger partial charge in [-0.1, -0.05) is 39.8 Å². The SMILES string of the molecule is CCc1[nH]nc2cc(C(C)(C)C)ccc12.